The Bertz CT molecular complexity index is 596. The topological polar surface area (TPSA) is 63.1 Å². The molecule has 5 nitrogen and oxygen atoms in total. The summed E-state index contributed by atoms with van der Waals surface area (Å²) < 4.78 is 1.71. The molecule has 1 amide bonds. The molecule has 0 spiro atoms. The van der Waals surface area contributed by atoms with E-state index in [1.165, 1.54) is 19.3 Å². The van der Waals surface area contributed by atoms with Crippen LogP contribution in [0.3, 0.4) is 0 Å². The van der Waals surface area contributed by atoms with Crippen LogP contribution >= 0.6 is 0 Å². The first kappa shape index (κ1) is 15.3. The van der Waals surface area contributed by atoms with Crippen LogP contribution in [0.25, 0.3) is 0 Å². The maximum atomic E-state index is 12.5. The van der Waals surface area contributed by atoms with Crippen molar-refractivity contribution in [1.29, 1.82) is 0 Å². The van der Waals surface area contributed by atoms with Crippen LogP contribution < -0.4 is 16.2 Å². The van der Waals surface area contributed by atoms with E-state index in [1.54, 1.807) is 4.57 Å². The van der Waals surface area contributed by atoms with Crippen molar-refractivity contribution >= 4 is 5.91 Å². The molecule has 0 bridgehead atoms. The number of pyridine rings is 1. The average molecular weight is 303 g/mol. The van der Waals surface area contributed by atoms with E-state index in [4.69, 9.17) is 0 Å². The summed E-state index contributed by atoms with van der Waals surface area (Å²) in [6, 6.07) is 2.49. The average Bonchev–Trinajstić information content (AvgIpc) is 3.32. The molecule has 1 aliphatic carbocycles. The molecule has 1 unspecified atom stereocenters. The first-order valence-corrected chi connectivity index (χ1v) is 8.40. The molecule has 2 aliphatic rings. The van der Waals surface area contributed by atoms with Gasteiger partial charge in [0.15, 0.2) is 0 Å². The van der Waals surface area contributed by atoms with Gasteiger partial charge in [0.2, 0.25) is 0 Å². The number of nitrogens with zero attached hydrogens (tertiary/aromatic N) is 1. The molecule has 22 heavy (non-hydrogen) atoms. The molecule has 0 aromatic carbocycles. The molecule has 2 fully saturated rings. The van der Waals surface area contributed by atoms with Crippen LogP contribution in [0.4, 0.5) is 0 Å². The Balaban J connectivity index is 1.69. The van der Waals surface area contributed by atoms with Crippen LogP contribution in [0.2, 0.25) is 0 Å². The SMILES string of the molecule is Cc1ccn(C2CC2)c(=O)c1C(=O)NCC1CCCCCN1. The van der Waals surface area contributed by atoms with Crippen LogP contribution in [0, 0.1) is 6.92 Å². The molecule has 1 saturated carbocycles. The highest BCUT2D eigenvalue weighted by Crippen LogP contribution is 2.33. The lowest BCUT2D eigenvalue weighted by Gasteiger charge is -2.17. The fourth-order valence-electron chi connectivity index (χ4n) is 3.14. The summed E-state index contributed by atoms with van der Waals surface area (Å²) in [6.45, 7) is 3.44. The van der Waals surface area contributed by atoms with Crippen molar-refractivity contribution in [1.82, 2.24) is 15.2 Å². The van der Waals surface area contributed by atoms with E-state index in [0.29, 0.717) is 24.2 Å². The molecule has 120 valence electrons. The Kier molecular flexibility index (Phi) is 4.62. The summed E-state index contributed by atoms with van der Waals surface area (Å²) >= 11 is 0. The number of amides is 1. The molecule has 0 radical (unpaired) electrons. The highest BCUT2D eigenvalue weighted by molar-refractivity contribution is 5.95. The number of aryl methyl sites for hydroxylation is 1. The maximum absolute atomic E-state index is 12.5. The smallest absolute Gasteiger partial charge is 0.263 e. The summed E-state index contributed by atoms with van der Waals surface area (Å²) in [5.74, 6) is -0.233. The zero-order valence-electron chi connectivity index (χ0n) is 13.2. The van der Waals surface area contributed by atoms with Gasteiger partial charge in [0.05, 0.1) is 0 Å². The van der Waals surface area contributed by atoms with Gasteiger partial charge in [-0.2, -0.15) is 0 Å². The summed E-state index contributed by atoms with van der Waals surface area (Å²) in [7, 11) is 0. The summed E-state index contributed by atoms with van der Waals surface area (Å²) in [6.07, 6.45) is 8.63. The van der Waals surface area contributed by atoms with Crippen LogP contribution in [0.1, 0.15) is 60.5 Å². The number of hydrogen-bond acceptors (Lipinski definition) is 3. The number of carbonyl (C=O) groups excluding carboxylic acids is 1. The molecule has 1 atom stereocenters. The summed E-state index contributed by atoms with van der Waals surface area (Å²) in [4.78, 5) is 25.0. The Hall–Kier alpha value is -1.62. The van der Waals surface area contributed by atoms with Gasteiger partial charge in [-0.05, 0) is 50.8 Å². The van der Waals surface area contributed by atoms with E-state index in [9.17, 15) is 9.59 Å². The van der Waals surface area contributed by atoms with Crippen molar-refractivity contribution in [3.05, 3.63) is 33.7 Å². The molecule has 1 aromatic rings. The highest BCUT2D eigenvalue weighted by atomic mass is 16.2. The molecule has 1 aliphatic heterocycles. The normalized spacial score (nSPS) is 22.1. The first-order chi connectivity index (χ1) is 10.7. The second-order valence-electron chi connectivity index (χ2n) is 6.53. The van der Waals surface area contributed by atoms with Crippen molar-refractivity contribution in [3.63, 3.8) is 0 Å². The van der Waals surface area contributed by atoms with Crippen LogP contribution in [-0.2, 0) is 0 Å². The van der Waals surface area contributed by atoms with Crippen molar-refractivity contribution in [2.45, 2.75) is 57.5 Å². The minimum absolute atomic E-state index is 0.145. The second-order valence-corrected chi connectivity index (χ2v) is 6.53. The largest absolute Gasteiger partial charge is 0.350 e. The fourth-order valence-corrected chi connectivity index (χ4v) is 3.14. The predicted octanol–water partition coefficient (Wildman–Crippen LogP) is 1.75. The molecular weight excluding hydrogens is 278 g/mol. The third-order valence-corrected chi connectivity index (χ3v) is 4.67. The monoisotopic (exact) mass is 303 g/mol. The molecule has 3 rings (SSSR count). The van der Waals surface area contributed by atoms with Crippen LogP contribution in [0.5, 0.6) is 0 Å². The molecule has 2 N–H and O–H groups in total. The number of rotatable bonds is 4. The zero-order chi connectivity index (χ0) is 15.5. The second kappa shape index (κ2) is 6.65. The van der Waals surface area contributed by atoms with E-state index in [2.05, 4.69) is 10.6 Å². The Labute approximate surface area is 131 Å². The fraction of sp³-hybridized carbons (Fsp3) is 0.647. The minimum Gasteiger partial charge on any atom is -0.350 e. The lowest BCUT2D eigenvalue weighted by molar-refractivity contribution is 0.0946. The van der Waals surface area contributed by atoms with Gasteiger partial charge in [-0.1, -0.05) is 12.8 Å². The van der Waals surface area contributed by atoms with E-state index in [-0.39, 0.29) is 11.5 Å². The van der Waals surface area contributed by atoms with Crippen molar-refractivity contribution in [2.75, 3.05) is 13.1 Å². The summed E-state index contributed by atoms with van der Waals surface area (Å²) in [5, 5.41) is 6.41. The van der Waals surface area contributed by atoms with E-state index in [1.807, 2.05) is 19.2 Å². The van der Waals surface area contributed by atoms with Gasteiger partial charge >= 0.3 is 0 Å². The molecule has 2 heterocycles. The Morgan fingerprint density at radius 1 is 1.32 bits per heavy atom. The first-order valence-electron chi connectivity index (χ1n) is 8.40. The number of hydrogen-bond donors (Lipinski definition) is 2. The number of carbonyl (C=O) groups is 1. The van der Waals surface area contributed by atoms with Gasteiger partial charge in [0.25, 0.3) is 11.5 Å². The molecular formula is C17H25N3O2. The third kappa shape index (κ3) is 3.40. The van der Waals surface area contributed by atoms with Gasteiger partial charge in [-0.15, -0.1) is 0 Å². The van der Waals surface area contributed by atoms with Gasteiger partial charge < -0.3 is 15.2 Å². The Morgan fingerprint density at radius 2 is 2.14 bits per heavy atom. The zero-order valence-corrected chi connectivity index (χ0v) is 13.2. The van der Waals surface area contributed by atoms with Crippen LogP contribution in [-0.4, -0.2) is 29.6 Å². The summed E-state index contributed by atoms with van der Waals surface area (Å²) in [5.41, 5.74) is 0.921. The predicted molar refractivity (Wildman–Crippen MR) is 86.3 cm³/mol. The maximum Gasteiger partial charge on any atom is 0.263 e. The highest BCUT2D eigenvalue weighted by Gasteiger charge is 2.27. The molecule has 1 aromatic heterocycles. The van der Waals surface area contributed by atoms with Crippen molar-refractivity contribution in [3.8, 4) is 0 Å². The van der Waals surface area contributed by atoms with Crippen LogP contribution in [0.15, 0.2) is 17.1 Å². The van der Waals surface area contributed by atoms with E-state index in [0.717, 1.165) is 31.4 Å². The third-order valence-electron chi connectivity index (χ3n) is 4.67. The lowest BCUT2D eigenvalue weighted by atomic mass is 10.1. The van der Waals surface area contributed by atoms with Gasteiger partial charge in [0.1, 0.15) is 5.56 Å². The lowest BCUT2D eigenvalue weighted by Crippen LogP contribution is -2.42. The van der Waals surface area contributed by atoms with Gasteiger partial charge in [-0.25, -0.2) is 0 Å². The van der Waals surface area contributed by atoms with E-state index < -0.39 is 0 Å². The molecule has 5 heteroatoms. The standard InChI is InChI=1S/C17H25N3O2/c1-12-8-10-20(14-6-7-14)17(22)15(12)16(21)19-11-13-5-3-2-4-9-18-13/h8,10,13-14,18H,2-7,9,11H2,1H3,(H,19,21). The van der Waals surface area contributed by atoms with Crippen molar-refractivity contribution in [2.24, 2.45) is 0 Å². The van der Waals surface area contributed by atoms with Crippen molar-refractivity contribution < 1.29 is 4.79 Å². The Morgan fingerprint density at radius 3 is 2.91 bits per heavy atom. The quantitative estimate of drug-likeness (QED) is 0.891. The van der Waals surface area contributed by atoms with Gasteiger partial charge in [-0.3, -0.25) is 9.59 Å². The number of aromatic nitrogens is 1. The van der Waals surface area contributed by atoms with E-state index >= 15 is 0 Å². The molecule has 1 saturated heterocycles. The number of nitrogens with one attached hydrogen (secondary N) is 2. The minimum atomic E-state index is -0.233. The van der Waals surface area contributed by atoms with Gasteiger partial charge in [0, 0.05) is 24.8 Å².